The first kappa shape index (κ1) is 17.7. The van der Waals surface area contributed by atoms with Crippen molar-refractivity contribution in [3.63, 3.8) is 0 Å². The highest BCUT2D eigenvalue weighted by Gasteiger charge is 2.45. The number of rotatable bonds is 5. The van der Waals surface area contributed by atoms with Crippen molar-refractivity contribution >= 4 is 16.6 Å². The van der Waals surface area contributed by atoms with E-state index in [-0.39, 0.29) is 18.0 Å². The van der Waals surface area contributed by atoms with Crippen molar-refractivity contribution in [3.8, 4) is 0 Å². The summed E-state index contributed by atoms with van der Waals surface area (Å²) in [6, 6.07) is 12.3. The number of piperidine rings is 1. The van der Waals surface area contributed by atoms with Gasteiger partial charge in [0.25, 0.3) is 5.56 Å². The molecule has 1 saturated heterocycles. The van der Waals surface area contributed by atoms with Crippen LogP contribution in [0.15, 0.2) is 52.1 Å². The average molecular weight is 407 g/mol. The summed E-state index contributed by atoms with van der Waals surface area (Å²) in [6.45, 7) is 1.78. The predicted octanol–water partition coefficient (Wildman–Crippen LogP) is 2.72. The number of fused-ring (bicyclic) bond motifs is 2. The van der Waals surface area contributed by atoms with E-state index in [1.165, 1.54) is 12.5 Å². The number of nitrogens with zero attached hydrogens (tertiary/aromatic N) is 3. The van der Waals surface area contributed by atoms with E-state index >= 15 is 4.39 Å². The maximum absolute atomic E-state index is 15.0. The predicted molar refractivity (Wildman–Crippen MR) is 111 cm³/mol. The van der Waals surface area contributed by atoms with Crippen LogP contribution in [-0.2, 0) is 6.61 Å². The van der Waals surface area contributed by atoms with Crippen molar-refractivity contribution in [1.82, 2.24) is 9.30 Å². The summed E-state index contributed by atoms with van der Waals surface area (Å²) in [7, 11) is 0. The van der Waals surface area contributed by atoms with E-state index in [9.17, 15) is 9.59 Å². The van der Waals surface area contributed by atoms with Crippen molar-refractivity contribution in [2.75, 3.05) is 18.0 Å². The van der Waals surface area contributed by atoms with Gasteiger partial charge >= 0.3 is 5.69 Å². The summed E-state index contributed by atoms with van der Waals surface area (Å²) in [5.41, 5.74) is 0.733. The molecule has 3 fully saturated rings. The van der Waals surface area contributed by atoms with Gasteiger partial charge in [-0.2, -0.15) is 0 Å². The molecule has 6 nitrogen and oxygen atoms in total. The number of benzene rings is 2. The summed E-state index contributed by atoms with van der Waals surface area (Å²) in [4.78, 5) is 33.9. The fourth-order valence-corrected chi connectivity index (χ4v) is 4.67. The molecule has 1 aromatic heterocycles. The molecule has 2 unspecified atom stereocenters. The Hall–Kier alpha value is -3.09. The summed E-state index contributed by atoms with van der Waals surface area (Å²) in [5, 5.41) is 0.181. The Morgan fingerprint density at radius 3 is 2.47 bits per heavy atom. The van der Waals surface area contributed by atoms with Crippen LogP contribution in [0.3, 0.4) is 0 Å². The van der Waals surface area contributed by atoms with Gasteiger partial charge in [0, 0.05) is 19.1 Å². The summed E-state index contributed by atoms with van der Waals surface area (Å²) < 4.78 is 17.4. The third-order valence-electron chi connectivity index (χ3n) is 6.55. The highest BCUT2D eigenvalue weighted by molar-refractivity contribution is 5.83. The van der Waals surface area contributed by atoms with Crippen LogP contribution in [0.1, 0.15) is 30.9 Å². The Kier molecular flexibility index (Phi) is 3.82. The number of hydrogen-bond donors (Lipinski definition) is 0. The van der Waals surface area contributed by atoms with Gasteiger partial charge in [-0.15, -0.1) is 0 Å². The van der Waals surface area contributed by atoms with Gasteiger partial charge in [0.2, 0.25) is 0 Å². The fourth-order valence-electron chi connectivity index (χ4n) is 4.67. The monoisotopic (exact) mass is 407 g/mol. The lowest BCUT2D eigenvalue weighted by Crippen LogP contribution is -2.43. The van der Waals surface area contributed by atoms with Crippen molar-refractivity contribution in [3.05, 3.63) is 74.7 Å². The Balaban J connectivity index is 1.46. The van der Waals surface area contributed by atoms with Crippen LogP contribution in [0.4, 0.5) is 10.1 Å². The summed E-state index contributed by atoms with van der Waals surface area (Å²) in [5.74, 6) is 0.895. The SMILES string of the molecule is O=c1c2cc(F)c(N3CC4CC4C3)cc2n(C2CC2)c(=O)n1OCc1ccccc1. The quantitative estimate of drug-likeness (QED) is 0.653. The lowest BCUT2D eigenvalue weighted by Gasteiger charge is -2.22. The number of aromatic nitrogens is 2. The highest BCUT2D eigenvalue weighted by Crippen LogP contribution is 2.47. The molecule has 30 heavy (non-hydrogen) atoms. The van der Waals surface area contributed by atoms with Crippen LogP contribution >= 0.6 is 0 Å². The second-order valence-electron chi connectivity index (χ2n) is 8.72. The van der Waals surface area contributed by atoms with Gasteiger partial charge in [-0.05, 0) is 48.8 Å². The zero-order valence-electron chi connectivity index (χ0n) is 16.5. The molecule has 0 radical (unpaired) electrons. The molecular weight excluding hydrogens is 385 g/mol. The Bertz CT molecular complexity index is 1250. The second kappa shape index (κ2) is 6.45. The van der Waals surface area contributed by atoms with Crippen LogP contribution in [0, 0.1) is 17.7 Å². The topological polar surface area (TPSA) is 56.5 Å². The van der Waals surface area contributed by atoms with Crippen molar-refractivity contribution in [1.29, 1.82) is 0 Å². The summed E-state index contributed by atoms with van der Waals surface area (Å²) >= 11 is 0. The standard InChI is InChI=1S/C23H22FN3O3/c24-19-9-18-20(10-21(19)25-11-15-8-16(15)12-25)26(17-6-7-17)23(29)27(22(18)28)30-13-14-4-2-1-3-5-14/h1-5,9-10,15-17H,6-8,11-13H2. The summed E-state index contributed by atoms with van der Waals surface area (Å²) in [6.07, 6.45) is 2.96. The molecule has 2 atom stereocenters. The van der Waals surface area contributed by atoms with Gasteiger partial charge in [0.05, 0.1) is 16.6 Å². The van der Waals surface area contributed by atoms with Crippen molar-refractivity contribution in [2.24, 2.45) is 11.8 Å². The molecule has 0 N–H and O–H groups in total. The van der Waals surface area contributed by atoms with E-state index in [0.29, 0.717) is 23.0 Å². The minimum Gasteiger partial charge on any atom is -0.401 e. The molecule has 6 rings (SSSR count). The van der Waals surface area contributed by atoms with Gasteiger partial charge in [-0.1, -0.05) is 35.1 Å². The van der Waals surface area contributed by atoms with Crippen molar-refractivity contribution in [2.45, 2.75) is 31.9 Å². The van der Waals surface area contributed by atoms with Crippen LogP contribution in [0.2, 0.25) is 0 Å². The molecule has 0 bridgehead atoms. The molecule has 2 aliphatic carbocycles. The molecule has 3 aliphatic rings. The molecule has 2 aromatic carbocycles. The average Bonchev–Trinajstić information content (AvgIpc) is 3.68. The normalized spacial score (nSPS) is 22.4. The van der Waals surface area contributed by atoms with Gasteiger partial charge in [0.15, 0.2) is 0 Å². The maximum Gasteiger partial charge on any atom is 0.365 e. The number of anilines is 1. The van der Waals surface area contributed by atoms with E-state index in [2.05, 4.69) is 0 Å². The molecule has 3 aromatic rings. The minimum absolute atomic E-state index is 0.0254. The van der Waals surface area contributed by atoms with Crippen LogP contribution in [0.25, 0.3) is 10.9 Å². The van der Waals surface area contributed by atoms with Crippen molar-refractivity contribution < 1.29 is 9.23 Å². The molecule has 1 aliphatic heterocycles. The first-order valence-corrected chi connectivity index (χ1v) is 10.5. The molecular formula is C23H22FN3O3. The molecule has 2 heterocycles. The number of halogens is 1. The third-order valence-corrected chi connectivity index (χ3v) is 6.55. The van der Waals surface area contributed by atoms with E-state index < -0.39 is 17.1 Å². The number of hydrogen-bond acceptors (Lipinski definition) is 4. The first-order valence-electron chi connectivity index (χ1n) is 10.5. The Labute approximate surface area is 172 Å². The van der Waals surface area contributed by atoms with Crippen LogP contribution in [0.5, 0.6) is 0 Å². The molecule has 0 spiro atoms. The van der Waals surface area contributed by atoms with Crippen LogP contribution < -0.4 is 21.0 Å². The maximum atomic E-state index is 15.0. The Morgan fingerprint density at radius 1 is 1.03 bits per heavy atom. The largest absolute Gasteiger partial charge is 0.401 e. The van der Waals surface area contributed by atoms with Gasteiger partial charge in [0.1, 0.15) is 12.4 Å². The lowest BCUT2D eigenvalue weighted by atomic mass is 10.2. The van der Waals surface area contributed by atoms with E-state index in [0.717, 1.165) is 36.2 Å². The zero-order chi connectivity index (χ0) is 20.4. The van der Waals surface area contributed by atoms with Crippen LogP contribution in [-0.4, -0.2) is 22.4 Å². The smallest absolute Gasteiger partial charge is 0.365 e. The third kappa shape index (κ3) is 2.83. The first-order chi connectivity index (χ1) is 14.6. The molecule has 154 valence electrons. The highest BCUT2D eigenvalue weighted by atomic mass is 19.1. The lowest BCUT2D eigenvalue weighted by molar-refractivity contribution is 0.0773. The van der Waals surface area contributed by atoms with Gasteiger partial charge in [-0.25, -0.2) is 9.18 Å². The van der Waals surface area contributed by atoms with E-state index in [1.807, 2.05) is 35.2 Å². The zero-order valence-corrected chi connectivity index (χ0v) is 16.5. The molecule has 7 heteroatoms. The van der Waals surface area contributed by atoms with E-state index in [1.54, 1.807) is 10.6 Å². The minimum atomic E-state index is -0.613. The molecule has 0 amide bonds. The van der Waals surface area contributed by atoms with E-state index in [4.69, 9.17) is 4.84 Å². The molecule has 2 saturated carbocycles. The van der Waals surface area contributed by atoms with Gasteiger partial charge in [-0.3, -0.25) is 9.36 Å². The van der Waals surface area contributed by atoms with Gasteiger partial charge < -0.3 is 9.74 Å². The second-order valence-corrected chi connectivity index (χ2v) is 8.72. The Morgan fingerprint density at radius 2 is 1.77 bits per heavy atom. The fraction of sp³-hybridized carbons (Fsp3) is 0.391.